The van der Waals surface area contributed by atoms with Crippen molar-refractivity contribution in [1.29, 1.82) is 5.26 Å². The highest BCUT2D eigenvalue weighted by Gasteiger charge is 2.53. The van der Waals surface area contributed by atoms with Gasteiger partial charge in [0.05, 0.1) is 18.7 Å². The molecule has 96 valence electrons. The van der Waals surface area contributed by atoms with E-state index in [2.05, 4.69) is 0 Å². The Morgan fingerprint density at radius 2 is 2.00 bits per heavy atom. The number of halogens is 3. The highest BCUT2D eigenvalue weighted by atomic mass is 19.4. The van der Waals surface area contributed by atoms with Gasteiger partial charge < -0.3 is 4.74 Å². The van der Waals surface area contributed by atoms with Crippen LogP contribution in [0.2, 0.25) is 0 Å². The van der Waals surface area contributed by atoms with E-state index in [0.29, 0.717) is 6.29 Å². The summed E-state index contributed by atoms with van der Waals surface area (Å²) in [7, 11) is 1.30. The maximum Gasteiger partial charge on any atom is 0.410 e. The van der Waals surface area contributed by atoms with Crippen molar-refractivity contribution in [3.05, 3.63) is 29.3 Å². The number of hydrogen-bond acceptors (Lipinski definition) is 3. The van der Waals surface area contributed by atoms with Crippen molar-refractivity contribution in [1.82, 2.24) is 0 Å². The number of carbonyl (C=O) groups is 1. The number of methoxy groups -OCH3 is 1. The first kappa shape index (κ1) is 14.0. The van der Waals surface area contributed by atoms with E-state index >= 15 is 0 Å². The zero-order valence-electron chi connectivity index (χ0n) is 9.71. The summed E-state index contributed by atoms with van der Waals surface area (Å²) in [6.07, 6.45) is -4.34. The van der Waals surface area contributed by atoms with E-state index < -0.39 is 11.6 Å². The lowest BCUT2D eigenvalue weighted by atomic mass is 9.82. The van der Waals surface area contributed by atoms with Gasteiger partial charge in [-0.05, 0) is 24.6 Å². The number of rotatable bonds is 3. The molecule has 1 aromatic rings. The molecule has 1 rings (SSSR count). The van der Waals surface area contributed by atoms with Crippen LogP contribution in [0.1, 0.15) is 22.8 Å². The molecule has 0 radical (unpaired) electrons. The fraction of sp³-hybridized carbons (Fsp3) is 0.333. The third kappa shape index (κ3) is 2.16. The highest BCUT2D eigenvalue weighted by Crippen LogP contribution is 2.41. The van der Waals surface area contributed by atoms with Gasteiger partial charge in [0, 0.05) is 0 Å². The Morgan fingerprint density at radius 1 is 1.39 bits per heavy atom. The van der Waals surface area contributed by atoms with Gasteiger partial charge in [-0.25, -0.2) is 0 Å². The second-order valence-corrected chi connectivity index (χ2v) is 3.81. The Morgan fingerprint density at radius 3 is 2.39 bits per heavy atom. The number of nitriles is 1. The largest absolute Gasteiger partial charge is 0.496 e. The number of nitrogens with zero attached hydrogens (tertiary/aromatic N) is 1. The highest BCUT2D eigenvalue weighted by molar-refractivity contribution is 5.80. The molecule has 18 heavy (non-hydrogen) atoms. The fourth-order valence-electron chi connectivity index (χ4n) is 1.43. The molecule has 0 saturated carbocycles. The van der Waals surface area contributed by atoms with Gasteiger partial charge in [0.15, 0.2) is 11.7 Å². The molecule has 0 aliphatic carbocycles. The summed E-state index contributed by atoms with van der Waals surface area (Å²) in [5.74, 6) is 0.163. The molecule has 0 aromatic heterocycles. The monoisotopic (exact) mass is 257 g/mol. The standard InChI is InChI=1S/C12H10F3NO2/c1-11(7-16,12(13,14)15)9-3-4-10(18-2)8(5-9)6-17/h3-6H,1-2H3. The predicted octanol–water partition coefficient (Wildman–Crippen LogP) is 2.85. The summed E-state index contributed by atoms with van der Waals surface area (Å²) >= 11 is 0. The molecule has 1 unspecified atom stereocenters. The van der Waals surface area contributed by atoms with Crippen molar-refractivity contribution in [2.75, 3.05) is 7.11 Å². The summed E-state index contributed by atoms with van der Waals surface area (Å²) in [6.45, 7) is 0.767. The maximum absolute atomic E-state index is 12.9. The van der Waals surface area contributed by atoms with Crippen LogP contribution in [0.4, 0.5) is 13.2 Å². The molecule has 1 atom stereocenters. The summed E-state index contributed by atoms with van der Waals surface area (Å²) in [4.78, 5) is 10.8. The number of alkyl halides is 3. The van der Waals surface area contributed by atoms with Crippen molar-refractivity contribution in [3.63, 3.8) is 0 Å². The lowest BCUT2D eigenvalue weighted by molar-refractivity contribution is -0.168. The average Bonchev–Trinajstić information content (AvgIpc) is 2.35. The first-order chi connectivity index (χ1) is 8.30. The van der Waals surface area contributed by atoms with Crippen LogP contribution < -0.4 is 4.74 Å². The number of carbonyl (C=O) groups excluding carboxylic acids is 1. The van der Waals surface area contributed by atoms with Crippen LogP contribution >= 0.6 is 0 Å². The minimum atomic E-state index is -4.73. The van der Waals surface area contributed by atoms with Crippen molar-refractivity contribution < 1.29 is 22.7 Å². The minimum absolute atomic E-state index is 0.0271. The van der Waals surface area contributed by atoms with Crippen LogP contribution in [0.25, 0.3) is 0 Å². The first-order valence-electron chi connectivity index (χ1n) is 4.92. The molecule has 0 heterocycles. The van der Waals surface area contributed by atoms with E-state index in [1.54, 1.807) is 0 Å². The van der Waals surface area contributed by atoms with Gasteiger partial charge in [-0.2, -0.15) is 18.4 Å². The molecular weight excluding hydrogens is 247 g/mol. The van der Waals surface area contributed by atoms with Crippen molar-refractivity contribution >= 4 is 6.29 Å². The Labute approximate surface area is 102 Å². The van der Waals surface area contributed by atoms with E-state index in [1.807, 2.05) is 0 Å². The van der Waals surface area contributed by atoms with Crippen LogP contribution in [0.15, 0.2) is 18.2 Å². The summed E-state index contributed by atoms with van der Waals surface area (Å²) in [5, 5.41) is 8.77. The SMILES string of the molecule is COc1ccc(C(C)(C#N)C(F)(F)F)cc1C=O. The Hall–Kier alpha value is -2.03. The molecular formula is C12H10F3NO2. The van der Waals surface area contributed by atoms with Crippen molar-refractivity contribution in [3.8, 4) is 11.8 Å². The number of ether oxygens (including phenoxy) is 1. The Kier molecular flexibility index (Phi) is 3.65. The van der Waals surface area contributed by atoms with Gasteiger partial charge in [0.1, 0.15) is 5.75 Å². The number of hydrogen-bond donors (Lipinski definition) is 0. The lowest BCUT2D eigenvalue weighted by Gasteiger charge is -2.25. The summed E-state index contributed by atoms with van der Waals surface area (Å²) in [5.41, 5.74) is -2.97. The third-order valence-electron chi connectivity index (χ3n) is 2.72. The topological polar surface area (TPSA) is 50.1 Å². The Bertz CT molecular complexity index is 505. The normalized spacial score (nSPS) is 14.4. The predicted molar refractivity (Wildman–Crippen MR) is 57.4 cm³/mol. The van der Waals surface area contributed by atoms with Crippen LogP contribution in [0.3, 0.4) is 0 Å². The zero-order chi connectivity index (χ0) is 14.0. The molecule has 0 aliphatic heterocycles. The molecule has 3 nitrogen and oxygen atoms in total. The van der Waals surface area contributed by atoms with Crippen LogP contribution in [0, 0.1) is 11.3 Å². The van der Waals surface area contributed by atoms with Gasteiger partial charge in [0.25, 0.3) is 0 Å². The van der Waals surface area contributed by atoms with E-state index in [1.165, 1.54) is 19.2 Å². The molecule has 0 aliphatic rings. The summed E-state index contributed by atoms with van der Waals surface area (Å²) < 4.78 is 43.4. The molecule has 1 aromatic carbocycles. The zero-order valence-corrected chi connectivity index (χ0v) is 9.71. The minimum Gasteiger partial charge on any atom is -0.496 e. The smallest absolute Gasteiger partial charge is 0.410 e. The summed E-state index contributed by atoms with van der Waals surface area (Å²) in [6, 6.07) is 4.62. The van der Waals surface area contributed by atoms with Crippen molar-refractivity contribution in [2.24, 2.45) is 0 Å². The van der Waals surface area contributed by atoms with Crippen LogP contribution in [-0.2, 0) is 5.41 Å². The quantitative estimate of drug-likeness (QED) is 0.782. The van der Waals surface area contributed by atoms with Crippen molar-refractivity contribution in [2.45, 2.75) is 18.5 Å². The van der Waals surface area contributed by atoms with E-state index in [4.69, 9.17) is 10.00 Å². The van der Waals surface area contributed by atoms with E-state index in [-0.39, 0.29) is 16.9 Å². The van der Waals surface area contributed by atoms with Gasteiger partial charge in [0.2, 0.25) is 0 Å². The first-order valence-corrected chi connectivity index (χ1v) is 4.92. The maximum atomic E-state index is 12.9. The van der Waals surface area contributed by atoms with Gasteiger partial charge >= 0.3 is 6.18 Å². The molecule has 0 bridgehead atoms. The van der Waals surface area contributed by atoms with Gasteiger partial charge in [-0.1, -0.05) is 6.07 Å². The molecule has 0 spiro atoms. The second kappa shape index (κ2) is 4.69. The van der Waals surface area contributed by atoms with Gasteiger partial charge in [-0.15, -0.1) is 0 Å². The third-order valence-corrected chi connectivity index (χ3v) is 2.72. The molecule has 0 saturated heterocycles. The second-order valence-electron chi connectivity index (χ2n) is 3.81. The number of aldehydes is 1. The lowest BCUT2D eigenvalue weighted by Crippen LogP contribution is -2.38. The number of benzene rings is 1. The molecule has 6 heteroatoms. The van der Waals surface area contributed by atoms with E-state index in [0.717, 1.165) is 19.1 Å². The van der Waals surface area contributed by atoms with Gasteiger partial charge in [-0.3, -0.25) is 4.79 Å². The average molecular weight is 257 g/mol. The Balaban J connectivity index is 3.42. The van der Waals surface area contributed by atoms with Crippen LogP contribution in [-0.4, -0.2) is 19.6 Å². The fourth-order valence-corrected chi connectivity index (χ4v) is 1.43. The molecule has 0 fully saturated rings. The molecule has 0 N–H and O–H groups in total. The van der Waals surface area contributed by atoms with Crippen LogP contribution in [0.5, 0.6) is 5.75 Å². The van der Waals surface area contributed by atoms with E-state index in [9.17, 15) is 18.0 Å². The molecule has 0 amide bonds.